The van der Waals surface area contributed by atoms with Gasteiger partial charge < -0.3 is 19.5 Å². The van der Waals surface area contributed by atoms with E-state index in [4.69, 9.17) is 4.74 Å². The maximum Gasteiger partial charge on any atom is 0.256 e. The molecule has 5 heteroatoms. The topological polar surface area (TPSA) is 46.5 Å². The lowest BCUT2D eigenvalue weighted by Gasteiger charge is -2.26. The number of unbranched alkanes of at least 4 members (excludes halogenated alkanes) is 1. The standard InChI is InChI=1S/C22H31N3O2/c26-22(24-13-15-27-16-14-24)20-17-25(21-7-2-1-6-19(20)21)12-4-3-5-18-8-10-23-11-9-18/h1-2,6-7,17-18,23H,3-5,8-16H2. The number of para-hydroxylation sites is 1. The number of ether oxygens (including phenoxy) is 1. The zero-order valence-electron chi connectivity index (χ0n) is 16.2. The second-order valence-corrected chi connectivity index (χ2v) is 7.85. The molecule has 2 fully saturated rings. The Bertz CT molecular complexity index is 758. The molecule has 0 spiro atoms. The summed E-state index contributed by atoms with van der Waals surface area (Å²) in [7, 11) is 0. The summed E-state index contributed by atoms with van der Waals surface area (Å²) in [6, 6.07) is 8.31. The monoisotopic (exact) mass is 369 g/mol. The molecule has 3 heterocycles. The van der Waals surface area contributed by atoms with Crippen molar-refractivity contribution >= 4 is 16.8 Å². The summed E-state index contributed by atoms with van der Waals surface area (Å²) < 4.78 is 7.67. The van der Waals surface area contributed by atoms with Gasteiger partial charge in [-0.1, -0.05) is 31.0 Å². The van der Waals surface area contributed by atoms with Crippen LogP contribution in [-0.4, -0.2) is 54.8 Å². The van der Waals surface area contributed by atoms with Crippen LogP contribution in [-0.2, 0) is 11.3 Å². The molecule has 1 N–H and O–H groups in total. The highest BCUT2D eigenvalue weighted by atomic mass is 16.5. The van der Waals surface area contributed by atoms with Crippen LogP contribution >= 0.6 is 0 Å². The molecule has 0 radical (unpaired) electrons. The molecule has 1 aromatic heterocycles. The minimum atomic E-state index is 0.142. The minimum absolute atomic E-state index is 0.142. The molecular weight excluding hydrogens is 338 g/mol. The first-order valence-corrected chi connectivity index (χ1v) is 10.5. The number of nitrogens with one attached hydrogen (secondary N) is 1. The van der Waals surface area contributed by atoms with E-state index in [9.17, 15) is 4.79 Å². The van der Waals surface area contributed by atoms with Crippen molar-refractivity contribution in [3.63, 3.8) is 0 Å². The van der Waals surface area contributed by atoms with Crippen molar-refractivity contribution in [2.75, 3.05) is 39.4 Å². The average Bonchev–Trinajstić information content (AvgIpc) is 3.11. The second-order valence-electron chi connectivity index (χ2n) is 7.85. The van der Waals surface area contributed by atoms with Crippen LogP contribution < -0.4 is 5.32 Å². The van der Waals surface area contributed by atoms with E-state index in [0.29, 0.717) is 26.3 Å². The molecule has 146 valence electrons. The Labute approximate surface area is 161 Å². The number of rotatable bonds is 6. The summed E-state index contributed by atoms with van der Waals surface area (Å²) in [5, 5.41) is 4.52. The number of nitrogens with zero attached hydrogens (tertiary/aromatic N) is 2. The zero-order valence-corrected chi connectivity index (χ0v) is 16.2. The highest BCUT2D eigenvalue weighted by Gasteiger charge is 2.22. The van der Waals surface area contributed by atoms with E-state index in [2.05, 4.69) is 34.3 Å². The summed E-state index contributed by atoms with van der Waals surface area (Å²) in [5.74, 6) is 1.04. The van der Waals surface area contributed by atoms with Crippen LogP contribution in [0, 0.1) is 5.92 Å². The Hall–Kier alpha value is -1.85. The summed E-state index contributed by atoms with van der Waals surface area (Å²) in [4.78, 5) is 14.9. The van der Waals surface area contributed by atoms with Gasteiger partial charge in [0.1, 0.15) is 0 Å². The smallest absolute Gasteiger partial charge is 0.256 e. The SMILES string of the molecule is O=C(c1cn(CCCCC2CCNCC2)c2ccccc12)N1CCOCC1. The van der Waals surface area contributed by atoms with Gasteiger partial charge in [-0.25, -0.2) is 0 Å². The number of fused-ring (bicyclic) bond motifs is 1. The van der Waals surface area contributed by atoms with Gasteiger partial charge in [0.25, 0.3) is 5.91 Å². The van der Waals surface area contributed by atoms with Gasteiger partial charge in [-0.15, -0.1) is 0 Å². The fourth-order valence-corrected chi connectivity index (χ4v) is 4.42. The van der Waals surface area contributed by atoms with Crippen molar-refractivity contribution in [3.8, 4) is 0 Å². The van der Waals surface area contributed by atoms with Gasteiger partial charge in [0.2, 0.25) is 0 Å². The predicted octanol–water partition coefficient (Wildman–Crippen LogP) is 3.28. The van der Waals surface area contributed by atoms with E-state index in [-0.39, 0.29) is 5.91 Å². The third kappa shape index (κ3) is 4.36. The number of hydrogen-bond acceptors (Lipinski definition) is 3. The summed E-state index contributed by atoms with van der Waals surface area (Å²) >= 11 is 0. The van der Waals surface area contributed by atoms with Crippen molar-refractivity contribution in [1.29, 1.82) is 0 Å². The lowest BCUT2D eigenvalue weighted by Crippen LogP contribution is -2.40. The van der Waals surface area contributed by atoms with Gasteiger partial charge in [-0.05, 0) is 44.3 Å². The number of hydrogen-bond donors (Lipinski definition) is 1. The molecule has 2 aliphatic rings. The summed E-state index contributed by atoms with van der Waals surface area (Å²) in [5.41, 5.74) is 2.02. The Balaban J connectivity index is 1.42. The molecule has 27 heavy (non-hydrogen) atoms. The van der Waals surface area contributed by atoms with E-state index < -0.39 is 0 Å². The van der Waals surface area contributed by atoms with Crippen molar-refractivity contribution in [3.05, 3.63) is 36.0 Å². The van der Waals surface area contributed by atoms with Crippen LogP contribution in [0.4, 0.5) is 0 Å². The lowest BCUT2D eigenvalue weighted by atomic mass is 9.92. The fraction of sp³-hybridized carbons (Fsp3) is 0.591. The second kappa shape index (κ2) is 8.89. The summed E-state index contributed by atoms with van der Waals surface area (Å²) in [6.45, 7) is 6.01. The lowest BCUT2D eigenvalue weighted by molar-refractivity contribution is 0.0304. The van der Waals surface area contributed by atoms with Gasteiger partial charge in [0, 0.05) is 36.7 Å². The molecule has 0 unspecified atom stereocenters. The minimum Gasteiger partial charge on any atom is -0.378 e. The van der Waals surface area contributed by atoms with Crippen molar-refractivity contribution < 1.29 is 9.53 Å². The number of aryl methyl sites for hydroxylation is 1. The molecule has 0 bridgehead atoms. The third-order valence-corrected chi connectivity index (χ3v) is 6.04. The Morgan fingerprint density at radius 1 is 1.11 bits per heavy atom. The van der Waals surface area contributed by atoms with E-state index in [1.807, 2.05) is 11.0 Å². The van der Waals surface area contributed by atoms with Crippen LogP contribution in [0.25, 0.3) is 10.9 Å². The highest BCUT2D eigenvalue weighted by Crippen LogP contribution is 2.25. The molecule has 0 atom stereocenters. The third-order valence-electron chi connectivity index (χ3n) is 6.04. The number of piperidine rings is 1. The van der Waals surface area contributed by atoms with Gasteiger partial charge >= 0.3 is 0 Å². The molecule has 2 saturated heterocycles. The molecule has 1 aromatic carbocycles. The number of carbonyl (C=O) groups is 1. The first-order chi connectivity index (χ1) is 13.3. The Morgan fingerprint density at radius 3 is 2.70 bits per heavy atom. The van der Waals surface area contributed by atoms with Crippen LogP contribution in [0.1, 0.15) is 42.5 Å². The van der Waals surface area contributed by atoms with Crippen molar-refractivity contribution in [2.45, 2.75) is 38.6 Å². The number of carbonyl (C=O) groups excluding carboxylic acids is 1. The molecule has 1 amide bonds. The zero-order chi connectivity index (χ0) is 18.5. The van der Waals surface area contributed by atoms with Crippen LogP contribution in [0.15, 0.2) is 30.5 Å². The number of benzene rings is 1. The molecule has 0 saturated carbocycles. The van der Waals surface area contributed by atoms with Crippen molar-refractivity contribution in [2.24, 2.45) is 5.92 Å². The van der Waals surface area contributed by atoms with Crippen LogP contribution in [0.3, 0.4) is 0 Å². The normalized spacial score (nSPS) is 18.9. The Kier molecular flexibility index (Phi) is 6.10. The predicted molar refractivity (Wildman–Crippen MR) is 108 cm³/mol. The van der Waals surface area contributed by atoms with E-state index in [1.54, 1.807) is 0 Å². The van der Waals surface area contributed by atoms with Gasteiger partial charge in [0.15, 0.2) is 0 Å². The maximum absolute atomic E-state index is 13.0. The molecule has 2 aromatic rings. The maximum atomic E-state index is 13.0. The van der Waals surface area contributed by atoms with Crippen LogP contribution in [0.2, 0.25) is 0 Å². The largest absolute Gasteiger partial charge is 0.378 e. The van der Waals surface area contributed by atoms with Gasteiger partial charge in [-0.3, -0.25) is 4.79 Å². The van der Waals surface area contributed by atoms with Gasteiger partial charge in [0.05, 0.1) is 18.8 Å². The number of amides is 1. The molecule has 5 nitrogen and oxygen atoms in total. The fourth-order valence-electron chi connectivity index (χ4n) is 4.42. The van der Waals surface area contributed by atoms with E-state index in [0.717, 1.165) is 23.4 Å². The van der Waals surface area contributed by atoms with Crippen molar-refractivity contribution in [1.82, 2.24) is 14.8 Å². The Morgan fingerprint density at radius 2 is 1.89 bits per heavy atom. The first kappa shape index (κ1) is 18.5. The van der Waals surface area contributed by atoms with E-state index in [1.165, 1.54) is 50.7 Å². The average molecular weight is 370 g/mol. The van der Waals surface area contributed by atoms with Gasteiger partial charge in [-0.2, -0.15) is 0 Å². The molecule has 0 aliphatic carbocycles. The first-order valence-electron chi connectivity index (χ1n) is 10.5. The summed E-state index contributed by atoms with van der Waals surface area (Å²) in [6.07, 6.45) is 8.50. The molecule has 4 rings (SSSR count). The molecular formula is C22H31N3O2. The van der Waals surface area contributed by atoms with E-state index >= 15 is 0 Å². The van der Waals surface area contributed by atoms with Crippen LogP contribution in [0.5, 0.6) is 0 Å². The quantitative estimate of drug-likeness (QED) is 0.795. The number of morpholine rings is 1. The highest BCUT2D eigenvalue weighted by molar-refractivity contribution is 6.07. The number of aromatic nitrogens is 1. The molecule has 2 aliphatic heterocycles.